The molecule has 15 heavy (non-hydrogen) atoms. The lowest BCUT2D eigenvalue weighted by atomic mass is 10.2. The molecule has 0 bridgehead atoms. The monoisotopic (exact) mass is 289 g/mol. The van der Waals surface area contributed by atoms with Crippen molar-refractivity contribution in [1.29, 1.82) is 0 Å². The van der Waals surface area contributed by atoms with E-state index in [9.17, 15) is 0 Å². The van der Waals surface area contributed by atoms with Crippen LogP contribution in [0.2, 0.25) is 5.02 Å². The summed E-state index contributed by atoms with van der Waals surface area (Å²) in [6.45, 7) is 5.96. The van der Waals surface area contributed by atoms with Gasteiger partial charge in [0.15, 0.2) is 5.75 Å². The van der Waals surface area contributed by atoms with Gasteiger partial charge in [-0.25, -0.2) is 0 Å². The largest absolute Gasteiger partial charge is 0.488 e. The summed E-state index contributed by atoms with van der Waals surface area (Å²) in [4.78, 5) is 2.30. The van der Waals surface area contributed by atoms with Gasteiger partial charge >= 0.3 is 0 Å². The SMILES string of the molecule is CC(C)N1CCOc2c(Cl)cc(Br)cc21. The molecule has 1 aliphatic rings. The number of ether oxygens (including phenoxy) is 1. The summed E-state index contributed by atoms with van der Waals surface area (Å²) in [6, 6.07) is 4.38. The third kappa shape index (κ3) is 2.08. The summed E-state index contributed by atoms with van der Waals surface area (Å²) in [5.41, 5.74) is 1.08. The Morgan fingerprint density at radius 1 is 1.47 bits per heavy atom. The average molecular weight is 291 g/mol. The van der Waals surface area contributed by atoms with Gasteiger partial charge in [-0.1, -0.05) is 27.5 Å². The highest BCUT2D eigenvalue weighted by Crippen LogP contribution is 2.41. The van der Waals surface area contributed by atoms with Crippen molar-refractivity contribution in [3.8, 4) is 5.75 Å². The number of nitrogens with zero attached hydrogens (tertiary/aromatic N) is 1. The molecule has 2 rings (SSSR count). The van der Waals surface area contributed by atoms with E-state index in [1.165, 1.54) is 0 Å². The lowest BCUT2D eigenvalue weighted by molar-refractivity contribution is 0.303. The standard InChI is InChI=1S/C11H13BrClNO/c1-7(2)14-3-4-15-11-9(13)5-8(12)6-10(11)14/h5-7H,3-4H2,1-2H3. The van der Waals surface area contributed by atoms with Gasteiger partial charge in [-0.2, -0.15) is 0 Å². The van der Waals surface area contributed by atoms with E-state index in [0.717, 1.165) is 22.5 Å². The summed E-state index contributed by atoms with van der Waals surface area (Å²) >= 11 is 9.59. The zero-order chi connectivity index (χ0) is 11.0. The van der Waals surface area contributed by atoms with Crippen molar-refractivity contribution >= 4 is 33.2 Å². The van der Waals surface area contributed by atoms with E-state index in [0.29, 0.717) is 17.7 Å². The number of rotatable bonds is 1. The fourth-order valence-electron chi connectivity index (χ4n) is 1.81. The first-order chi connectivity index (χ1) is 7.09. The highest BCUT2D eigenvalue weighted by atomic mass is 79.9. The predicted molar refractivity (Wildman–Crippen MR) is 67.1 cm³/mol. The minimum atomic E-state index is 0.456. The Hall–Kier alpha value is -0.410. The van der Waals surface area contributed by atoms with Gasteiger partial charge < -0.3 is 9.64 Å². The highest BCUT2D eigenvalue weighted by molar-refractivity contribution is 9.10. The third-order valence-electron chi connectivity index (χ3n) is 2.50. The maximum absolute atomic E-state index is 6.14. The molecule has 1 aliphatic heterocycles. The van der Waals surface area contributed by atoms with Gasteiger partial charge in [0.1, 0.15) is 6.61 Å². The normalized spacial score (nSPS) is 15.1. The van der Waals surface area contributed by atoms with Crippen LogP contribution >= 0.6 is 27.5 Å². The first kappa shape index (κ1) is 11.1. The zero-order valence-corrected chi connectivity index (χ0v) is 11.1. The lowest BCUT2D eigenvalue weighted by Gasteiger charge is -2.34. The second-order valence-electron chi connectivity index (χ2n) is 3.87. The van der Waals surface area contributed by atoms with E-state index in [4.69, 9.17) is 16.3 Å². The number of anilines is 1. The fraction of sp³-hybridized carbons (Fsp3) is 0.455. The Morgan fingerprint density at radius 3 is 2.87 bits per heavy atom. The average Bonchev–Trinajstić information content (AvgIpc) is 2.16. The van der Waals surface area contributed by atoms with E-state index in [1.54, 1.807) is 0 Å². The van der Waals surface area contributed by atoms with E-state index in [1.807, 2.05) is 6.07 Å². The maximum Gasteiger partial charge on any atom is 0.161 e. The van der Waals surface area contributed by atoms with Crippen LogP contribution in [0.5, 0.6) is 5.75 Å². The molecule has 0 N–H and O–H groups in total. The summed E-state index contributed by atoms with van der Waals surface area (Å²) in [7, 11) is 0. The molecular weight excluding hydrogens is 277 g/mol. The van der Waals surface area contributed by atoms with Crippen molar-refractivity contribution in [2.45, 2.75) is 19.9 Å². The molecule has 0 spiro atoms. The molecule has 0 unspecified atom stereocenters. The Bertz CT molecular complexity index is 381. The molecule has 2 nitrogen and oxygen atoms in total. The third-order valence-corrected chi connectivity index (χ3v) is 3.24. The van der Waals surface area contributed by atoms with Crippen LogP contribution in [-0.2, 0) is 0 Å². The molecule has 1 heterocycles. The Morgan fingerprint density at radius 2 is 2.20 bits per heavy atom. The minimum Gasteiger partial charge on any atom is -0.488 e. The van der Waals surface area contributed by atoms with Crippen LogP contribution in [0.25, 0.3) is 0 Å². The van der Waals surface area contributed by atoms with Crippen LogP contribution in [0, 0.1) is 0 Å². The molecule has 0 aliphatic carbocycles. The zero-order valence-electron chi connectivity index (χ0n) is 8.76. The van der Waals surface area contributed by atoms with Crippen LogP contribution in [0.4, 0.5) is 5.69 Å². The molecular formula is C11H13BrClNO. The first-order valence-corrected chi connectivity index (χ1v) is 6.15. The summed E-state index contributed by atoms with van der Waals surface area (Å²) in [6.07, 6.45) is 0. The Labute approximate surface area is 103 Å². The van der Waals surface area contributed by atoms with Crippen molar-refractivity contribution in [3.05, 3.63) is 21.6 Å². The van der Waals surface area contributed by atoms with Crippen LogP contribution < -0.4 is 9.64 Å². The van der Waals surface area contributed by atoms with Crippen LogP contribution in [0.1, 0.15) is 13.8 Å². The Balaban J connectivity index is 2.50. The van der Waals surface area contributed by atoms with Gasteiger partial charge in [-0.15, -0.1) is 0 Å². The first-order valence-electron chi connectivity index (χ1n) is 4.98. The van der Waals surface area contributed by atoms with Gasteiger partial charge in [-0.3, -0.25) is 0 Å². The van der Waals surface area contributed by atoms with Gasteiger partial charge in [0.25, 0.3) is 0 Å². The summed E-state index contributed by atoms with van der Waals surface area (Å²) < 4.78 is 6.58. The molecule has 82 valence electrons. The lowest BCUT2D eigenvalue weighted by Crippen LogP contribution is -2.38. The number of hydrogen-bond acceptors (Lipinski definition) is 2. The molecule has 0 aromatic heterocycles. The van der Waals surface area contributed by atoms with Gasteiger partial charge in [0.05, 0.1) is 17.3 Å². The molecule has 4 heteroatoms. The maximum atomic E-state index is 6.14. The Kier molecular flexibility index (Phi) is 3.12. The molecule has 0 saturated heterocycles. The minimum absolute atomic E-state index is 0.456. The molecule has 1 aromatic carbocycles. The highest BCUT2D eigenvalue weighted by Gasteiger charge is 2.22. The smallest absolute Gasteiger partial charge is 0.161 e. The van der Waals surface area contributed by atoms with Crippen LogP contribution in [0.3, 0.4) is 0 Å². The second-order valence-corrected chi connectivity index (χ2v) is 5.19. The molecule has 0 atom stereocenters. The van der Waals surface area contributed by atoms with E-state index in [2.05, 4.69) is 40.7 Å². The topological polar surface area (TPSA) is 12.5 Å². The van der Waals surface area contributed by atoms with E-state index < -0.39 is 0 Å². The van der Waals surface area contributed by atoms with Gasteiger partial charge in [0, 0.05) is 10.5 Å². The molecule has 1 aromatic rings. The van der Waals surface area contributed by atoms with Crippen LogP contribution in [0.15, 0.2) is 16.6 Å². The van der Waals surface area contributed by atoms with E-state index in [-0.39, 0.29) is 0 Å². The fourth-order valence-corrected chi connectivity index (χ4v) is 2.65. The van der Waals surface area contributed by atoms with Crippen molar-refractivity contribution in [2.75, 3.05) is 18.1 Å². The number of halogens is 2. The van der Waals surface area contributed by atoms with E-state index >= 15 is 0 Å². The van der Waals surface area contributed by atoms with Gasteiger partial charge in [-0.05, 0) is 26.0 Å². The second kappa shape index (κ2) is 4.22. The summed E-state index contributed by atoms with van der Waals surface area (Å²) in [5, 5.41) is 0.671. The number of benzene rings is 1. The van der Waals surface area contributed by atoms with Crippen LogP contribution in [-0.4, -0.2) is 19.2 Å². The molecule has 0 radical (unpaired) electrons. The number of fused-ring (bicyclic) bond motifs is 1. The van der Waals surface area contributed by atoms with Crippen molar-refractivity contribution < 1.29 is 4.74 Å². The molecule has 0 fully saturated rings. The number of hydrogen-bond donors (Lipinski definition) is 0. The van der Waals surface area contributed by atoms with Crippen molar-refractivity contribution in [3.63, 3.8) is 0 Å². The van der Waals surface area contributed by atoms with Crippen molar-refractivity contribution in [1.82, 2.24) is 0 Å². The predicted octanol–water partition coefficient (Wildman–Crippen LogP) is 3.71. The molecule has 0 amide bonds. The molecule has 0 saturated carbocycles. The van der Waals surface area contributed by atoms with Crippen molar-refractivity contribution in [2.24, 2.45) is 0 Å². The summed E-state index contributed by atoms with van der Waals surface area (Å²) in [5.74, 6) is 0.805. The van der Waals surface area contributed by atoms with Gasteiger partial charge in [0.2, 0.25) is 0 Å². The quantitative estimate of drug-likeness (QED) is 0.782.